The van der Waals surface area contributed by atoms with Gasteiger partial charge in [-0.3, -0.25) is 10.1 Å². The molecule has 17 heavy (non-hydrogen) atoms. The number of nitro groups is 1. The second kappa shape index (κ2) is 4.41. The van der Waals surface area contributed by atoms with E-state index in [1.807, 2.05) is 0 Å². The fourth-order valence-electron chi connectivity index (χ4n) is 1.06. The predicted molar refractivity (Wildman–Crippen MR) is 49.9 cm³/mol. The minimum Gasteiger partial charge on any atom is -0.393 e. The average Bonchev–Trinajstić information content (AvgIpc) is 2.13. The molecule has 0 aromatic carbocycles. The lowest BCUT2D eigenvalue weighted by Crippen LogP contribution is -2.20. The molecule has 1 heterocycles. The lowest BCUT2D eigenvalue weighted by atomic mass is 10.3. The van der Waals surface area contributed by atoms with Gasteiger partial charge in [0.2, 0.25) is 0 Å². The zero-order valence-corrected chi connectivity index (χ0v) is 8.19. The summed E-state index contributed by atoms with van der Waals surface area (Å²) in [5.41, 5.74) is 8.80. The van der Waals surface area contributed by atoms with Gasteiger partial charge in [0.05, 0.1) is 10.6 Å². The number of alkyl halides is 3. The second-order valence-electron chi connectivity index (χ2n) is 2.87. The first-order valence-corrected chi connectivity index (χ1v) is 4.14. The first kappa shape index (κ1) is 13.0. The highest BCUT2D eigenvalue weighted by atomic mass is 19.4. The van der Waals surface area contributed by atoms with Crippen molar-refractivity contribution in [3.05, 3.63) is 21.9 Å². The summed E-state index contributed by atoms with van der Waals surface area (Å²) in [5.74, 6) is -1.22. The molecular formula is C7H7F3N4O3. The minimum atomic E-state index is -5.10. The number of ether oxygens (including phenoxy) is 1. The third-order valence-electron chi connectivity index (χ3n) is 1.65. The molecule has 7 nitrogen and oxygen atoms in total. The van der Waals surface area contributed by atoms with Crippen LogP contribution in [0, 0.1) is 10.1 Å². The van der Waals surface area contributed by atoms with Crippen molar-refractivity contribution < 1.29 is 22.8 Å². The van der Waals surface area contributed by atoms with E-state index in [0.29, 0.717) is 0 Å². The zero-order chi connectivity index (χ0) is 13.2. The maximum Gasteiger partial charge on any atom is 0.574 e. The second-order valence-corrected chi connectivity index (χ2v) is 2.87. The molecular weight excluding hydrogens is 245 g/mol. The van der Waals surface area contributed by atoms with Gasteiger partial charge in [0.1, 0.15) is 5.69 Å². The minimum absolute atomic E-state index is 0.0488. The quantitative estimate of drug-likeness (QED) is 0.610. The smallest absolute Gasteiger partial charge is 0.393 e. The normalized spacial score (nSPS) is 11.3. The van der Waals surface area contributed by atoms with Gasteiger partial charge in [-0.2, -0.15) is 0 Å². The molecule has 0 spiro atoms. The number of hydrogen-bond acceptors (Lipinski definition) is 6. The van der Waals surface area contributed by atoms with E-state index >= 15 is 0 Å². The highest BCUT2D eigenvalue weighted by Crippen LogP contribution is 2.34. The molecule has 0 unspecified atom stereocenters. The van der Waals surface area contributed by atoms with Crippen molar-refractivity contribution in [3.63, 3.8) is 0 Å². The average molecular weight is 252 g/mol. The van der Waals surface area contributed by atoms with Crippen molar-refractivity contribution in [1.29, 1.82) is 0 Å². The number of rotatable bonds is 3. The van der Waals surface area contributed by atoms with Gasteiger partial charge in [-0.05, 0) is 6.07 Å². The van der Waals surface area contributed by atoms with Crippen LogP contribution in [0.15, 0.2) is 6.07 Å². The third-order valence-corrected chi connectivity index (χ3v) is 1.65. The Balaban J connectivity index is 3.32. The fourth-order valence-corrected chi connectivity index (χ4v) is 1.06. The SMILES string of the molecule is NCc1cc(N)c([N+](=O)[O-])c(OC(F)(F)F)n1. The number of pyridine rings is 1. The number of aromatic nitrogens is 1. The predicted octanol–water partition coefficient (Wildman–Crippen LogP) is 0.929. The largest absolute Gasteiger partial charge is 0.574 e. The van der Waals surface area contributed by atoms with E-state index in [2.05, 4.69) is 9.72 Å². The van der Waals surface area contributed by atoms with E-state index in [9.17, 15) is 23.3 Å². The molecule has 94 valence electrons. The van der Waals surface area contributed by atoms with Crippen LogP contribution in [0.2, 0.25) is 0 Å². The van der Waals surface area contributed by atoms with E-state index in [-0.39, 0.29) is 12.2 Å². The van der Waals surface area contributed by atoms with Gasteiger partial charge in [-0.1, -0.05) is 0 Å². The van der Waals surface area contributed by atoms with Crippen molar-refractivity contribution in [2.45, 2.75) is 12.9 Å². The maximum absolute atomic E-state index is 12.0. The van der Waals surface area contributed by atoms with Crippen molar-refractivity contribution in [3.8, 4) is 5.88 Å². The Bertz CT molecular complexity index is 449. The number of nitrogen functional groups attached to an aromatic ring is 1. The highest BCUT2D eigenvalue weighted by Gasteiger charge is 2.36. The van der Waals surface area contributed by atoms with Crippen LogP contribution >= 0.6 is 0 Å². The lowest BCUT2D eigenvalue weighted by molar-refractivity contribution is -0.388. The standard InChI is InChI=1S/C7H7F3N4O3/c8-7(9,10)17-6-5(14(15)16)4(12)1-3(2-11)13-6/h1H,2,11H2,(H2,12,13). The highest BCUT2D eigenvalue weighted by molar-refractivity contribution is 5.64. The Morgan fingerprint density at radius 1 is 1.53 bits per heavy atom. The molecule has 0 saturated heterocycles. The Kier molecular flexibility index (Phi) is 3.36. The third kappa shape index (κ3) is 3.17. The summed E-state index contributed by atoms with van der Waals surface area (Å²) in [4.78, 5) is 12.7. The molecule has 0 fully saturated rings. The van der Waals surface area contributed by atoms with Gasteiger partial charge in [-0.25, -0.2) is 4.98 Å². The monoisotopic (exact) mass is 252 g/mol. The molecule has 1 aromatic rings. The van der Waals surface area contributed by atoms with E-state index < -0.39 is 28.5 Å². The first-order valence-electron chi connectivity index (χ1n) is 4.14. The molecule has 10 heteroatoms. The van der Waals surface area contributed by atoms with Crippen LogP contribution in [0.3, 0.4) is 0 Å². The Morgan fingerprint density at radius 3 is 2.53 bits per heavy atom. The van der Waals surface area contributed by atoms with E-state index in [0.717, 1.165) is 6.07 Å². The van der Waals surface area contributed by atoms with Crippen LogP contribution < -0.4 is 16.2 Å². The number of hydrogen-bond donors (Lipinski definition) is 2. The van der Waals surface area contributed by atoms with Crippen LogP contribution in [0.4, 0.5) is 24.5 Å². The fraction of sp³-hybridized carbons (Fsp3) is 0.286. The lowest BCUT2D eigenvalue weighted by Gasteiger charge is -2.10. The summed E-state index contributed by atoms with van der Waals surface area (Å²) in [5, 5.41) is 10.5. The first-order chi connectivity index (χ1) is 7.74. The molecule has 0 aliphatic heterocycles. The number of anilines is 1. The van der Waals surface area contributed by atoms with Crippen molar-refractivity contribution in [2.75, 3.05) is 5.73 Å². The number of nitrogens with zero attached hydrogens (tertiary/aromatic N) is 2. The molecule has 0 aliphatic rings. The van der Waals surface area contributed by atoms with Crippen LogP contribution in [0.5, 0.6) is 5.88 Å². The van der Waals surface area contributed by atoms with Gasteiger partial charge in [-0.15, -0.1) is 13.2 Å². The molecule has 0 atom stereocenters. The molecule has 4 N–H and O–H groups in total. The van der Waals surface area contributed by atoms with E-state index in [1.165, 1.54) is 0 Å². The van der Waals surface area contributed by atoms with E-state index in [4.69, 9.17) is 11.5 Å². The molecule has 1 rings (SSSR count). The molecule has 0 aliphatic carbocycles. The van der Waals surface area contributed by atoms with Gasteiger partial charge in [0.25, 0.3) is 0 Å². The molecule has 0 radical (unpaired) electrons. The molecule has 1 aromatic heterocycles. The van der Waals surface area contributed by atoms with Gasteiger partial charge < -0.3 is 16.2 Å². The summed E-state index contributed by atoms with van der Waals surface area (Å²) in [6.45, 7) is -0.226. The van der Waals surface area contributed by atoms with Gasteiger partial charge in [0, 0.05) is 6.54 Å². The Hall–Kier alpha value is -2.10. The van der Waals surface area contributed by atoms with Gasteiger partial charge in [0.15, 0.2) is 0 Å². The van der Waals surface area contributed by atoms with Gasteiger partial charge >= 0.3 is 17.9 Å². The summed E-state index contributed by atoms with van der Waals surface area (Å²) in [7, 11) is 0. The Labute approximate surface area is 92.3 Å². The summed E-state index contributed by atoms with van der Waals surface area (Å²) in [6, 6.07) is 1.02. The van der Waals surface area contributed by atoms with Crippen LogP contribution in [0.1, 0.15) is 5.69 Å². The van der Waals surface area contributed by atoms with Crippen LogP contribution in [-0.2, 0) is 6.54 Å². The molecule has 0 saturated carbocycles. The number of halogens is 3. The van der Waals surface area contributed by atoms with Crippen LogP contribution in [-0.4, -0.2) is 16.3 Å². The van der Waals surface area contributed by atoms with Crippen LogP contribution in [0.25, 0.3) is 0 Å². The van der Waals surface area contributed by atoms with Crippen molar-refractivity contribution in [2.24, 2.45) is 5.73 Å². The summed E-state index contributed by atoms with van der Waals surface area (Å²) in [6.07, 6.45) is -5.10. The zero-order valence-electron chi connectivity index (χ0n) is 8.19. The van der Waals surface area contributed by atoms with E-state index in [1.54, 1.807) is 0 Å². The topological polar surface area (TPSA) is 117 Å². The number of nitrogens with two attached hydrogens (primary N) is 2. The molecule has 0 bridgehead atoms. The molecule has 0 amide bonds. The van der Waals surface area contributed by atoms with Crippen molar-refractivity contribution in [1.82, 2.24) is 4.98 Å². The maximum atomic E-state index is 12.0. The Morgan fingerprint density at radius 2 is 2.12 bits per heavy atom. The van der Waals surface area contributed by atoms with Crippen molar-refractivity contribution >= 4 is 11.4 Å². The summed E-state index contributed by atoms with van der Waals surface area (Å²) < 4.78 is 39.4. The summed E-state index contributed by atoms with van der Waals surface area (Å²) >= 11 is 0.